The largest absolute Gasteiger partial charge is 0.377 e. The number of carbonyl (C=O) groups excluding carboxylic acids is 2. The lowest BCUT2D eigenvalue weighted by Gasteiger charge is -2.37. The molecule has 0 aliphatic carbocycles. The second-order valence-electron chi connectivity index (χ2n) is 8.26. The average Bonchev–Trinajstić information content (AvgIpc) is 2.86. The topological polar surface area (TPSA) is 49.9 Å². The third-order valence-electron chi connectivity index (χ3n) is 5.23. The van der Waals surface area contributed by atoms with Gasteiger partial charge in [0.05, 0.1) is 24.8 Å². The Bertz CT molecular complexity index is 762. The van der Waals surface area contributed by atoms with Crippen LogP contribution in [-0.4, -0.2) is 54.0 Å². The normalized spacial score (nSPS) is 23.4. The summed E-state index contributed by atoms with van der Waals surface area (Å²) in [6.45, 7) is 10.4. The highest BCUT2D eigenvalue weighted by molar-refractivity contribution is 6.36. The lowest BCUT2D eigenvalue weighted by molar-refractivity contribution is -0.138. The van der Waals surface area contributed by atoms with Crippen molar-refractivity contribution >= 4 is 29.0 Å². The molecule has 0 spiro atoms. The molecular formula is C22H29ClN2O3. The van der Waals surface area contributed by atoms with Crippen molar-refractivity contribution in [2.75, 3.05) is 26.2 Å². The zero-order chi connectivity index (χ0) is 20.4. The molecule has 2 aliphatic heterocycles. The van der Waals surface area contributed by atoms with Gasteiger partial charge in [0.25, 0.3) is 11.8 Å². The van der Waals surface area contributed by atoms with Crippen molar-refractivity contribution < 1.29 is 14.3 Å². The number of ether oxygens (including phenoxy) is 1. The summed E-state index contributed by atoms with van der Waals surface area (Å²) in [5.74, 6) is 0.483. The lowest BCUT2D eigenvalue weighted by Crippen LogP contribution is -2.42. The number of amides is 2. The van der Waals surface area contributed by atoms with Crippen molar-refractivity contribution in [3.8, 4) is 0 Å². The third-order valence-corrected chi connectivity index (χ3v) is 5.48. The maximum absolute atomic E-state index is 13.3. The fraction of sp³-hybridized carbons (Fsp3) is 0.545. The number of imide groups is 1. The van der Waals surface area contributed by atoms with E-state index in [0.717, 1.165) is 25.1 Å². The van der Waals surface area contributed by atoms with Crippen LogP contribution in [0.2, 0.25) is 5.02 Å². The summed E-state index contributed by atoms with van der Waals surface area (Å²) in [5, 5.41) is 0.602. The van der Waals surface area contributed by atoms with Gasteiger partial charge in [-0.25, -0.2) is 0 Å². The Morgan fingerprint density at radius 2 is 1.68 bits per heavy atom. The molecule has 0 bridgehead atoms. The molecule has 3 rings (SSSR count). The number of rotatable bonds is 6. The molecule has 2 amide bonds. The first-order valence-electron chi connectivity index (χ1n) is 10.0. The van der Waals surface area contributed by atoms with Crippen LogP contribution in [0.15, 0.2) is 30.0 Å². The highest BCUT2D eigenvalue weighted by atomic mass is 35.5. The second-order valence-corrected chi connectivity index (χ2v) is 8.70. The van der Waals surface area contributed by atoms with E-state index in [1.54, 1.807) is 12.1 Å². The average molecular weight is 405 g/mol. The van der Waals surface area contributed by atoms with Gasteiger partial charge in [0.1, 0.15) is 5.70 Å². The molecule has 2 atom stereocenters. The predicted molar refractivity (Wildman–Crippen MR) is 111 cm³/mol. The maximum atomic E-state index is 13.3. The quantitative estimate of drug-likeness (QED) is 0.676. The predicted octanol–water partition coefficient (Wildman–Crippen LogP) is 3.82. The molecule has 1 saturated heterocycles. The Balaban J connectivity index is 1.96. The Morgan fingerprint density at radius 1 is 1.07 bits per heavy atom. The number of piperidine rings is 1. The monoisotopic (exact) mass is 404 g/mol. The highest BCUT2D eigenvalue weighted by Gasteiger charge is 2.42. The first-order chi connectivity index (χ1) is 13.3. The summed E-state index contributed by atoms with van der Waals surface area (Å²) in [7, 11) is 0. The SMILES string of the molecule is CC1CC(C)CN(C2=C(c3ccc(Cl)cc3)C(=O)N(CCOC(C)C)C2=O)C1. The molecule has 0 aromatic heterocycles. The molecule has 152 valence electrons. The summed E-state index contributed by atoms with van der Waals surface area (Å²) in [6, 6.07) is 7.14. The van der Waals surface area contributed by atoms with E-state index in [1.165, 1.54) is 4.90 Å². The third kappa shape index (κ3) is 4.41. The van der Waals surface area contributed by atoms with Gasteiger partial charge in [0.15, 0.2) is 0 Å². The van der Waals surface area contributed by atoms with Crippen LogP contribution in [0.4, 0.5) is 0 Å². The Labute approximate surface area is 172 Å². The van der Waals surface area contributed by atoms with Gasteiger partial charge >= 0.3 is 0 Å². The van der Waals surface area contributed by atoms with Crippen LogP contribution >= 0.6 is 11.6 Å². The van der Waals surface area contributed by atoms with Crippen LogP contribution in [0.3, 0.4) is 0 Å². The van der Waals surface area contributed by atoms with Crippen LogP contribution < -0.4 is 0 Å². The molecule has 2 unspecified atom stereocenters. The molecule has 6 heteroatoms. The number of halogens is 1. The van der Waals surface area contributed by atoms with Crippen LogP contribution in [0.5, 0.6) is 0 Å². The summed E-state index contributed by atoms with van der Waals surface area (Å²) in [6.07, 6.45) is 1.19. The minimum atomic E-state index is -0.249. The molecule has 0 saturated carbocycles. The molecule has 1 aromatic carbocycles. The molecule has 0 N–H and O–H groups in total. The number of hydrogen-bond acceptors (Lipinski definition) is 4. The standard InChI is InChI=1S/C22H29ClN2O3/c1-14(2)28-10-9-25-21(26)19(17-5-7-18(23)8-6-17)20(22(25)27)24-12-15(3)11-16(4)13-24/h5-8,14-16H,9-13H2,1-4H3. The van der Waals surface area contributed by atoms with Gasteiger partial charge in [-0.15, -0.1) is 0 Å². The van der Waals surface area contributed by atoms with Crippen LogP contribution in [0.1, 0.15) is 39.7 Å². The molecular weight excluding hydrogens is 376 g/mol. The van der Waals surface area contributed by atoms with E-state index in [-0.39, 0.29) is 24.5 Å². The summed E-state index contributed by atoms with van der Waals surface area (Å²) < 4.78 is 5.58. The maximum Gasteiger partial charge on any atom is 0.277 e. The Morgan fingerprint density at radius 3 is 2.25 bits per heavy atom. The molecule has 1 aromatic rings. The first-order valence-corrected chi connectivity index (χ1v) is 10.4. The summed E-state index contributed by atoms with van der Waals surface area (Å²) in [5.41, 5.74) is 1.73. The zero-order valence-corrected chi connectivity index (χ0v) is 17.8. The highest BCUT2D eigenvalue weighted by Crippen LogP contribution is 2.35. The fourth-order valence-corrected chi connectivity index (χ4v) is 4.29. The van der Waals surface area contributed by atoms with Crippen molar-refractivity contribution in [1.82, 2.24) is 9.80 Å². The van der Waals surface area contributed by atoms with Crippen LogP contribution in [0, 0.1) is 11.8 Å². The van der Waals surface area contributed by atoms with E-state index in [1.807, 2.05) is 26.0 Å². The fourth-order valence-electron chi connectivity index (χ4n) is 4.16. The van der Waals surface area contributed by atoms with Crippen molar-refractivity contribution in [3.05, 3.63) is 40.5 Å². The van der Waals surface area contributed by atoms with Gasteiger partial charge in [-0.1, -0.05) is 37.6 Å². The number of nitrogens with zero attached hydrogens (tertiary/aromatic N) is 2. The van der Waals surface area contributed by atoms with Crippen molar-refractivity contribution in [2.24, 2.45) is 11.8 Å². The number of benzene rings is 1. The Kier molecular flexibility index (Phi) is 6.46. The minimum absolute atomic E-state index is 0.0553. The van der Waals surface area contributed by atoms with Crippen molar-refractivity contribution in [2.45, 2.75) is 40.2 Å². The van der Waals surface area contributed by atoms with Gasteiger partial charge in [-0.05, 0) is 49.8 Å². The summed E-state index contributed by atoms with van der Waals surface area (Å²) >= 11 is 6.03. The number of hydrogen-bond donors (Lipinski definition) is 0. The van der Waals surface area contributed by atoms with Gasteiger partial charge in [0.2, 0.25) is 0 Å². The van der Waals surface area contributed by atoms with Crippen LogP contribution in [0.25, 0.3) is 5.57 Å². The number of likely N-dealkylation sites (tertiary alicyclic amines) is 1. The van der Waals surface area contributed by atoms with Crippen LogP contribution in [-0.2, 0) is 14.3 Å². The van der Waals surface area contributed by atoms with Crippen molar-refractivity contribution in [3.63, 3.8) is 0 Å². The van der Waals surface area contributed by atoms with E-state index in [0.29, 0.717) is 34.7 Å². The molecule has 1 fully saturated rings. The molecule has 0 radical (unpaired) electrons. The smallest absolute Gasteiger partial charge is 0.277 e. The summed E-state index contributed by atoms with van der Waals surface area (Å²) in [4.78, 5) is 29.9. The van der Waals surface area contributed by atoms with E-state index < -0.39 is 0 Å². The van der Waals surface area contributed by atoms with E-state index in [9.17, 15) is 9.59 Å². The first kappa shape index (κ1) is 20.9. The molecule has 5 nitrogen and oxygen atoms in total. The minimum Gasteiger partial charge on any atom is -0.377 e. The lowest BCUT2D eigenvalue weighted by atomic mass is 9.91. The van der Waals surface area contributed by atoms with Gasteiger partial charge in [-0.2, -0.15) is 0 Å². The van der Waals surface area contributed by atoms with E-state index in [4.69, 9.17) is 16.3 Å². The van der Waals surface area contributed by atoms with Crippen molar-refractivity contribution in [1.29, 1.82) is 0 Å². The number of carbonyl (C=O) groups is 2. The van der Waals surface area contributed by atoms with E-state index >= 15 is 0 Å². The van der Waals surface area contributed by atoms with Gasteiger partial charge in [0, 0.05) is 18.1 Å². The molecule has 28 heavy (non-hydrogen) atoms. The zero-order valence-electron chi connectivity index (χ0n) is 17.1. The Hall–Kier alpha value is -1.85. The molecule has 2 heterocycles. The second kappa shape index (κ2) is 8.66. The molecule has 2 aliphatic rings. The van der Waals surface area contributed by atoms with Gasteiger partial charge in [-0.3, -0.25) is 14.5 Å². The van der Waals surface area contributed by atoms with E-state index in [2.05, 4.69) is 18.7 Å². The van der Waals surface area contributed by atoms with Gasteiger partial charge < -0.3 is 9.64 Å².